The highest BCUT2D eigenvalue weighted by Gasteiger charge is 2.15. The first kappa shape index (κ1) is 14.7. The van der Waals surface area contributed by atoms with E-state index in [9.17, 15) is 0 Å². The van der Waals surface area contributed by atoms with Gasteiger partial charge in [0, 0.05) is 17.1 Å². The van der Waals surface area contributed by atoms with Crippen molar-refractivity contribution >= 4 is 10.9 Å². The molecule has 0 radical (unpaired) electrons. The lowest BCUT2D eigenvalue weighted by Gasteiger charge is -2.05. The van der Waals surface area contributed by atoms with E-state index in [0.717, 1.165) is 30.3 Å². The van der Waals surface area contributed by atoms with Gasteiger partial charge in [0.2, 0.25) is 5.89 Å². The highest BCUT2D eigenvalue weighted by molar-refractivity contribution is 5.83. The second kappa shape index (κ2) is 6.72. The summed E-state index contributed by atoms with van der Waals surface area (Å²) in [6.45, 7) is 0.685. The smallest absolute Gasteiger partial charge is 0.231 e. The van der Waals surface area contributed by atoms with Crippen molar-refractivity contribution in [1.29, 1.82) is 0 Å². The van der Waals surface area contributed by atoms with Crippen LogP contribution in [0.5, 0.6) is 0 Å². The standard InChI is InChI=1S/C16H21N5O/c17-8-4-3-6-13(18)16-20-15(22-21-16)9-11-10-19-14-7-2-1-5-12(11)14/h1-2,5,7,10,13,19H,3-4,6,8-9,17-18H2. The normalized spacial score (nSPS) is 12.8. The van der Waals surface area contributed by atoms with E-state index in [-0.39, 0.29) is 6.04 Å². The molecule has 0 saturated heterocycles. The monoisotopic (exact) mass is 299 g/mol. The molecule has 22 heavy (non-hydrogen) atoms. The summed E-state index contributed by atoms with van der Waals surface area (Å²) < 4.78 is 5.33. The van der Waals surface area contributed by atoms with E-state index >= 15 is 0 Å². The Balaban J connectivity index is 1.69. The van der Waals surface area contributed by atoms with Gasteiger partial charge in [-0.1, -0.05) is 29.8 Å². The number of aromatic nitrogens is 3. The number of H-pyrrole nitrogens is 1. The Morgan fingerprint density at radius 2 is 2.09 bits per heavy atom. The number of unbranched alkanes of at least 4 members (excludes halogenated alkanes) is 1. The van der Waals surface area contributed by atoms with E-state index < -0.39 is 0 Å². The van der Waals surface area contributed by atoms with Gasteiger partial charge in [-0.2, -0.15) is 4.98 Å². The molecular weight excluding hydrogens is 278 g/mol. The van der Waals surface area contributed by atoms with Gasteiger partial charge in [-0.25, -0.2) is 0 Å². The number of benzene rings is 1. The Morgan fingerprint density at radius 1 is 1.23 bits per heavy atom. The number of nitrogens with zero attached hydrogens (tertiary/aromatic N) is 2. The van der Waals surface area contributed by atoms with Crippen LogP contribution in [0.15, 0.2) is 35.0 Å². The van der Waals surface area contributed by atoms with E-state index in [1.807, 2.05) is 24.4 Å². The van der Waals surface area contributed by atoms with Crippen LogP contribution in [0.4, 0.5) is 0 Å². The highest BCUT2D eigenvalue weighted by Crippen LogP contribution is 2.21. The quantitative estimate of drug-likeness (QED) is 0.580. The van der Waals surface area contributed by atoms with E-state index in [1.165, 1.54) is 5.39 Å². The van der Waals surface area contributed by atoms with Crippen LogP contribution in [0.25, 0.3) is 10.9 Å². The van der Waals surface area contributed by atoms with Gasteiger partial charge in [0.05, 0.1) is 12.5 Å². The SMILES string of the molecule is NCCCCC(N)c1noc(Cc2c[nH]c3ccccc23)n1. The lowest BCUT2D eigenvalue weighted by Crippen LogP contribution is -2.12. The van der Waals surface area contributed by atoms with E-state index in [1.54, 1.807) is 0 Å². The molecule has 0 aliphatic heterocycles. The molecule has 0 aliphatic carbocycles. The van der Waals surface area contributed by atoms with E-state index in [2.05, 4.69) is 21.2 Å². The van der Waals surface area contributed by atoms with Crippen LogP contribution >= 0.6 is 0 Å². The zero-order valence-electron chi connectivity index (χ0n) is 12.5. The lowest BCUT2D eigenvalue weighted by atomic mass is 10.1. The fourth-order valence-corrected chi connectivity index (χ4v) is 2.57. The van der Waals surface area contributed by atoms with Gasteiger partial charge in [0.1, 0.15) is 0 Å². The number of nitrogens with one attached hydrogen (secondary N) is 1. The van der Waals surface area contributed by atoms with Crippen molar-refractivity contribution in [2.75, 3.05) is 6.54 Å². The summed E-state index contributed by atoms with van der Waals surface area (Å²) in [6, 6.07) is 7.97. The molecule has 0 spiro atoms. The Hall–Kier alpha value is -2.18. The molecule has 116 valence electrons. The Bertz CT molecular complexity index is 733. The van der Waals surface area contributed by atoms with Crippen LogP contribution in [-0.4, -0.2) is 21.7 Å². The second-order valence-corrected chi connectivity index (χ2v) is 5.47. The predicted molar refractivity (Wildman–Crippen MR) is 85.2 cm³/mol. The molecule has 0 fully saturated rings. The maximum absolute atomic E-state index is 6.08. The third-order valence-electron chi connectivity index (χ3n) is 3.80. The zero-order chi connectivity index (χ0) is 15.4. The summed E-state index contributed by atoms with van der Waals surface area (Å²) in [4.78, 5) is 7.67. The minimum Gasteiger partial charge on any atom is -0.361 e. The Kier molecular flexibility index (Phi) is 4.50. The van der Waals surface area contributed by atoms with Gasteiger partial charge in [0.15, 0.2) is 5.82 Å². The largest absolute Gasteiger partial charge is 0.361 e. The van der Waals surface area contributed by atoms with E-state index in [0.29, 0.717) is 24.7 Å². The molecule has 2 heterocycles. The molecule has 1 atom stereocenters. The van der Waals surface area contributed by atoms with Crippen LogP contribution in [0, 0.1) is 0 Å². The predicted octanol–water partition coefficient (Wildman–Crippen LogP) is 2.27. The maximum Gasteiger partial charge on any atom is 0.231 e. The van der Waals surface area contributed by atoms with Crippen LogP contribution < -0.4 is 11.5 Å². The minimum absolute atomic E-state index is 0.188. The summed E-state index contributed by atoms with van der Waals surface area (Å²) in [6.07, 6.45) is 5.35. The lowest BCUT2D eigenvalue weighted by molar-refractivity contribution is 0.374. The zero-order valence-corrected chi connectivity index (χ0v) is 12.5. The molecule has 6 heteroatoms. The van der Waals surface area contributed by atoms with Crippen molar-refractivity contribution in [3.05, 3.63) is 47.7 Å². The fraction of sp³-hybridized carbons (Fsp3) is 0.375. The van der Waals surface area contributed by atoms with Crippen molar-refractivity contribution < 1.29 is 4.52 Å². The van der Waals surface area contributed by atoms with Crippen LogP contribution in [0.2, 0.25) is 0 Å². The maximum atomic E-state index is 6.08. The number of aromatic amines is 1. The highest BCUT2D eigenvalue weighted by atomic mass is 16.5. The molecule has 6 nitrogen and oxygen atoms in total. The van der Waals surface area contributed by atoms with Crippen molar-refractivity contribution in [3.8, 4) is 0 Å². The van der Waals surface area contributed by atoms with Gasteiger partial charge >= 0.3 is 0 Å². The molecule has 3 rings (SSSR count). The van der Waals surface area contributed by atoms with Crippen molar-refractivity contribution in [2.45, 2.75) is 31.7 Å². The van der Waals surface area contributed by atoms with Crippen molar-refractivity contribution in [2.24, 2.45) is 11.5 Å². The molecule has 5 N–H and O–H groups in total. The number of rotatable bonds is 7. The summed E-state index contributed by atoms with van der Waals surface area (Å²) in [7, 11) is 0. The van der Waals surface area contributed by atoms with Gasteiger partial charge in [-0.15, -0.1) is 0 Å². The second-order valence-electron chi connectivity index (χ2n) is 5.47. The fourth-order valence-electron chi connectivity index (χ4n) is 2.57. The molecule has 1 unspecified atom stereocenters. The van der Waals surface area contributed by atoms with Crippen LogP contribution in [0.3, 0.4) is 0 Å². The number of hydrogen-bond donors (Lipinski definition) is 3. The van der Waals surface area contributed by atoms with E-state index in [4.69, 9.17) is 16.0 Å². The molecule has 2 aromatic heterocycles. The Morgan fingerprint density at radius 3 is 2.95 bits per heavy atom. The van der Waals surface area contributed by atoms with Crippen molar-refractivity contribution in [3.63, 3.8) is 0 Å². The van der Waals surface area contributed by atoms with Crippen LogP contribution in [-0.2, 0) is 6.42 Å². The summed E-state index contributed by atoms with van der Waals surface area (Å²) in [5, 5.41) is 5.18. The van der Waals surface area contributed by atoms with Gasteiger partial charge in [-0.3, -0.25) is 0 Å². The third-order valence-corrected chi connectivity index (χ3v) is 3.80. The summed E-state index contributed by atoms with van der Waals surface area (Å²) in [5.74, 6) is 1.17. The molecule has 0 bridgehead atoms. The van der Waals surface area contributed by atoms with Crippen molar-refractivity contribution in [1.82, 2.24) is 15.1 Å². The van der Waals surface area contributed by atoms with Gasteiger partial charge in [0.25, 0.3) is 0 Å². The average molecular weight is 299 g/mol. The number of nitrogens with two attached hydrogens (primary N) is 2. The topological polar surface area (TPSA) is 107 Å². The first-order chi connectivity index (χ1) is 10.8. The van der Waals surface area contributed by atoms with Gasteiger partial charge < -0.3 is 21.0 Å². The Labute approximate surface area is 128 Å². The first-order valence-corrected chi connectivity index (χ1v) is 7.61. The molecular formula is C16H21N5O. The molecule has 0 aliphatic rings. The first-order valence-electron chi connectivity index (χ1n) is 7.61. The summed E-state index contributed by atoms with van der Waals surface area (Å²) in [5.41, 5.74) is 13.8. The molecule has 3 aromatic rings. The van der Waals surface area contributed by atoms with Crippen LogP contribution in [0.1, 0.15) is 42.6 Å². The molecule has 0 amide bonds. The minimum atomic E-state index is -0.188. The number of hydrogen-bond acceptors (Lipinski definition) is 5. The average Bonchev–Trinajstić information content (AvgIpc) is 3.16. The molecule has 1 aromatic carbocycles. The van der Waals surface area contributed by atoms with Gasteiger partial charge in [-0.05, 0) is 31.0 Å². The number of fused-ring (bicyclic) bond motifs is 1. The molecule has 0 saturated carbocycles. The summed E-state index contributed by atoms with van der Waals surface area (Å²) >= 11 is 0. The third kappa shape index (κ3) is 3.18. The number of para-hydroxylation sites is 1.